The molecule has 0 aliphatic rings. The van der Waals surface area contributed by atoms with Crippen LogP contribution in [0.3, 0.4) is 0 Å². The zero-order valence-corrected chi connectivity index (χ0v) is 11.7. The van der Waals surface area contributed by atoms with Crippen LogP contribution in [0.25, 0.3) is 0 Å². The minimum Gasteiger partial charge on any atom is -0.386 e. The van der Waals surface area contributed by atoms with E-state index in [1.54, 1.807) is 0 Å². The number of hydrogen-bond acceptors (Lipinski definition) is 6. The van der Waals surface area contributed by atoms with Crippen molar-refractivity contribution in [2.45, 2.75) is 70.2 Å². The first kappa shape index (κ1) is 17.7. The fourth-order valence-corrected chi connectivity index (χ4v) is 1.45. The van der Waals surface area contributed by atoms with Gasteiger partial charge in [0.05, 0.1) is 0 Å². The molecule has 0 aromatic carbocycles. The van der Waals surface area contributed by atoms with E-state index in [-0.39, 0.29) is 19.3 Å². The van der Waals surface area contributed by atoms with Gasteiger partial charge in [0, 0.05) is 37.5 Å². The van der Waals surface area contributed by atoms with Crippen LogP contribution >= 0.6 is 0 Å². The van der Waals surface area contributed by atoms with E-state index < -0.39 is 33.1 Å². The van der Waals surface area contributed by atoms with Gasteiger partial charge in [-0.3, -0.25) is 20.2 Å². The third-order valence-corrected chi connectivity index (χ3v) is 3.53. The SMILES string of the molecule is CC(C)([C@H](O)CCC[C@@H](O)C(C)(C)[N+](=O)[O-])[N+](=O)[O-]. The smallest absolute Gasteiger partial charge is 0.242 e. The minimum absolute atomic E-state index is 0.110. The van der Waals surface area contributed by atoms with Crippen molar-refractivity contribution in [2.75, 3.05) is 0 Å². The molecule has 0 unspecified atom stereocenters. The highest BCUT2D eigenvalue weighted by atomic mass is 16.6. The van der Waals surface area contributed by atoms with Gasteiger partial charge in [0.15, 0.2) is 0 Å². The van der Waals surface area contributed by atoms with Crippen LogP contribution < -0.4 is 0 Å². The van der Waals surface area contributed by atoms with Crippen LogP contribution in [-0.4, -0.2) is 43.3 Å². The van der Waals surface area contributed by atoms with Crippen LogP contribution in [0.5, 0.6) is 0 Å². The van der Waals surface area contributed by atoms with Crippen LogP contribution in [0.4, 0.5) is 0 Å². The third-order valence-electron chi connectivity index (χ3n) is 3.53. The molecular weight excluding hydrogens is 256 g/mol. The lowest BCUT2D eigenvalue weighted by Gasteiger charge is -2.24. The van der Waals surface area contributed by atoms with Crippen molar-refractivity contribution in [3.63, 3.8) is 0 Å². The molecule has 0 radical (unpaired) electrons. The van der Waals surface area contributed by atoms with E-state index in [4.69, 9.17) is 0 Å². The molecule has 0 aromatic heterocycles. The van der Waals surface area contributed by atoms with E-state index in [1.807, 2.05) is 0 Å². The highest BCUT2D eigenvalue weighted by molar-refractivity contribution is 4.81. The fraction of sp³-hybridized carbons (Fsp3) is 1.00. The number of nitrogens with zero attached hydrogens (tertiary/aromatic N) is 2. The van der Waals surface area contributed by atoms with E-state index >= 15 is 0 Å². The highest BCUT2D eigenvalue weighted by Crippen LogP contribution is 2.22. The standard InChI is InChI=1S/C11H22N2O6/c1-10(2,12(16)17)8(14)6-5-7-9(15)11(3,4)13(18)19/h8-9,14-15H,5-7H2,1-4H3/t8-,9-/m1/s1. The maximum absolute atomic E-state index is 10.7. The molecule has 0 heterocycles. The molecule has 8 nitrogen and oxygen atoms in total. The van der Waals surface area contributed by atoms with Gasteiger partial charge in [0.25, 0.3) is 0 Å². The van der Waals surface area contributed by atoms with Gasteiger partial charge in [-0.15, -0.1) is 0 Å². The Kier molecular flexibility index (Phi) is 5.83. The third kappa shape index (κ3) is 4.39. The van der Waals surface area contributed by atoms with Gasteiger partial charge >= 0.3 is 0 Å². The largest absolute Gasteiger partial charge is 0.386 e. The van der Waals surface area contributed by atoms with Gasteiger partial charge in [0.2, 0.25) is 11.1 Å². The zero-order chi connectivity index (χ0) is 15.4. The van der Waals surface area contributed by atoms with Crippen molar-refractivity contribution in [3.8, 4) is 0 Å². The fourth-order valence-electron chi connectivity index (χ4n) is 1.45. The summed E-state index contributed by atoms with van der Waals surface area (Å²) in [6.07, 6.45) is -1.82. The lowest BCUT2D eigenvalue weighted by atomic mass is 9.90. The Morgan fingerprint density at radius 2 is 1.16 bits per heavy atom. The Hall–Kier alpha value is -1.28. The van der Waals surface area contributed by atoms with Gasteiger partial charge in [-0.2, -0.15) is 0 Å². The van der Waals surface area contributed by atoms with Crippen molar-refractivity contribution in [2.24, 2.45) is 0 Å². The van der Waals surface area contributed by atoms with Crippen LogP contribution in [-0.2, 0) is 0 Å². The number of hydrogen-bond donors (Lipinski definition) is 2. The minimum atomic E-state index is -1.47. The molecule has 0 fully saturated rings. The van der Waals surface area contributed by atoms with Crippen LogP contribution in [0.1, 0.15) is 47.0 Å². The summed E-state index contributed by atoms with van der Waals surface area (Å²) in [7, 11) is 0. The molecule has 8 heteroatoms. The Bertz CT molecular complexity index is 310. The van der Waals surface area contributed by atoms with Gasteiger partial charge in [-0.1, -0.05) is 0 Å². The van der Waals surface area contributed by atoms with Crippen molar-refractivity contribution in [1.29, 1.82) is 0 Å². The van der Waals surface area contributed by atoms with Crippen molar-refractivity contribution in [1.82, 2.24) is 0 Å². The lowest BCUT2D eigenvalue weighted by molar-refractivity contribution is -0.574. The van der Waals surface area contributed by atoms with Gasteiger partial charge in [-0.25, -0.2) is 0 Å². The van der Waals surface area contributed by atoms with E-state index in [9.17, 15) is 30.4 Å². The Balaban J connectivity index is 4.32. The maximum Gasteiger partial charge on any atom is 0.242 e. The summed E-state index contributed by atoms with van der Waals surface area (Å²) in [5, 5.41) is 40.9. The summed E-state index contributed by atoms with van der Waals surface area (Å²) in [5.74, 6) is 0. The summed E-state index contributed by atoms with van der Waals surface area (Å²) in [6.45, 7) is 5.26. The molecule has 19 heavy (non-hydrogen) atoms. The second kappa shape index (κ2) is 6.25. The van der Waals surface area contributed by atoms with Crippen molar-refractivity contribution < 1.29 is 20.1 Å². The number of rotatable bonds is 8. The quantitative estimate of drug-likeness (QED) is 0.503. The molecule has 0 aliphatic heterocycles. The second-order valence-electron chi connectivity index (χ2n) is 5.78. The first-order valence-electron chi connectivity index (χ1n) is 6.09. The summed E-state index contributed by atoms with van der Waals surface area (Å²) >= 11 is 0. The summed E-state index contributed by atoms with van der Waals surface area (Å²) in [4.78, 5) is 20.3. The molecule has 0 aromatic rings. The monoisotopic (exact) mass is 278 g/mol. The normalized spacial score (nSPS) is 15.9. The van der Waals surface area contributed by atoms with Crippen molar-refractivity contribution >= 4 is 0 Å². The van der Waals surface area contributed by atoms with Gasteiger partial charge < -0.3 is 10.2 Å². The number of aliphatic hydroxyl groups excluding tert-OH is 2. The summed E-state index contributed by atoms with van der Waals surface area (Å²) in [6, 6.07) is 0. The molecule has 0 spiro atoms. The second-order valence-corrected chi connectivity index (χ2v) is 5.78. The lowest BCUT2D eigenvalue weighted by Crippen LogP contribution is -2.45. The predicted octanol–water partition coefficient (Wildman–Crippen LogP) is 0.989. The molecule has 0 amide bonds. The van der Waals surface area contributed by atoms with Gasteiger partial charge in [0.1, 0.15) is 12.2 Å². The van der Waals surface area contributed by atoms with E-state index in [1.165, 1.54) is 27.7 Å². The van der Waals surface area contributed by atoms with Crippen LogP contribution in [0.2, 0.25) is 0 Å². The first-order valence-corrected chi connectivity index (χ1v) is 6.09. The van der Waals surface area contributed by atoms with E-state index in [2.05, 4.69) is 0 Å². The molecule has 0 rings (SSSR count). The molecule has 0 bridgehead atoms. The van der Waals surface area contributed by atoms with Crippen LogP contribution in [0, 0.1) is 20.2 Å². The predicted molar refractivity (Wildman–Crippen MR) is 68.0 cm³/mol. The van der Waals surface area contributed by atoms with E-state index in [0.717, 1.165) is 0 Å². The average molecular weight is 278 g/mol. The van der Waals surface area contributed by atoms with E-state index in [0.29, 0.717) is 0 Å². The molecule has 0 aliphatic carbocycles. The Morgan fingerprint density at radius 3 is 1.37 bits per heavy atom. The zero-order valence-electron chi connectivity index (χ0n) is 11.7. The van der Waals surface area contributed by atoms with Gasteiger partial charge in [-0.05, 0) is 19.3 Å². The molecule has 2 N–H and O–H groups in total. The van der Waals surface area contributed by atoms with Crippen molar-refractivity contribution in [3.05, 3.63) is 20.2 Å². The molecule has 0 saturated carbocycles. The number of nitro groups is 2. The first-order chi connectivity index (χ1) is 8.44. The summed E-state index contributed by atoms with van der Waals surface area (Å²) < 4.78 is 0. The number of aliphatic hydroxyl groups is 2. The Morgan fingerprint density at radius 1 is 0.895 bits per heavy atom. The molecule has 112 valence electrons. The molecule has 0 saturated heterocycles. The molecule has 2 atom stereocenters. The Labute approximate surface area is 111 Å². The molecular formula is C11H22N2O6. The maximum atomic E-state index is 10.7. The summed E-state index contributed by atoms with van der Waals surface area (Å²) in [5.41, 5.74) is -2.94. The van der Waals surface area contributed by atoms with Crippen LogP contribution in [0.15, 0.2) is 0 Å². The average Bonchev–Trinajstić information content (AvgIpc) is 2.27. The topological polar surface area (TPSA) is 127 Å². The highest BCUT2D eigenvalue weighted by Gasteiger charge is 2.41.